The molecule has 1 fully saturated rings. The maximum Gasteiger partial charge on any atom is 0.410 e. The van der Waals surface area contributed by atoms with Crippen LogP contribution in [0.3, 0.4) is 0 Å². The second kappa shape index (κ2) is 42.7. The van der Waals surface area contributed by atoms with E-state index < -0.39 is 47.3 Å². The number of amides is 3. The predicted octanol–water partition coefficient (Wildman–Crippen LogP) is 14.2. The molecule has 3 amide bonds. The molecule has 1 aliphatic heterocycles. The number of carbonyl (C=O) groups is 5. The fourth-order valence-corrected chi connectivity index (χ4v) is 8.46. The Hall–Kier alpha value is -3.61. The molecule has 72 heavy (non-hydrogen) atoms. The van der Waals surface area contributed by atoms with Crippen LogP contribution in [-0.4, -0.2) is 121 Å². The molecule has 1 unspecified atom stereocenters. The van der Waals surface area contributed by atoms with Crippen molar-refractivity contribution < 1.29 is 42.9 Å². The lowest BCUT2D eigenvalue weighted by Crippen LogP contribution is -2.48. The number of hydrogen-bond acceptors (Lipinski definition) is 10. The van der Waals surface area contributed by atoms with Gasteiger partial charge in [-0.25, -0.2) is 14.4 Å². The SMILES string of the molecule is CCCCCCCC/C=C\CCCCCCCCOC(=O)CCC(NC(=O)CN1CCN(C(=O)OC(C)(C)C)CCN(C(=O)OC(C)(C)C)CC1)C(=O)OCCCCCCCC/C=C\CCCCCCCC. The van der Waals surface area contributed by atoms with Crippen molar-refractivity contribution in [1.82, 2.24) is 20.0 Å². The summed E-state index contributed by atoms with van der Waals surface area (Å²) in [5, 5.41) is 2.85. The highest BCUT2D eigenvalue weighted by molar-refractivity contribution is 5.86. The summed E-state index contributed by atoms with van der Waals surface area (Å²) in [5.74, 6) is -1.42. The number of unbranched alkanes of at least 4 members (excludes halogenated alkanes) is 24. The lowest BCUT2D eigenvalue weighted by molar-refractivity contribution is -0.149. The van der Waals surface area contributed by atoms with Crippen LogP contribution < -0.4 is 5.32 Å². The van der Waals surface area contributed by atoms with E-state index in [0.717, 1.165) is 57.8 Å². The van der Waals surface area contributed by atoms with E-state index in [9.17, 15) is 24.0 Å². The predicted molar refractivity (Wildman–Crippen MR) is 294 cm³/mol. The summed E-state index contributed by atoms with van der Waals surface area (Å²) in [4.78, 5) is 71.6. The molecular weight excluding hydrogens is 909 g/mol. The van der Waals surface area contributed by atoms with Crippen LogP contribution in [0.15, 0.2) is 24.3 Å². The lowest BCUT2D eigenvalue weighted by atomic mass is 10.1. The van der Waals surface area contributed by atoms with E-state index in [2.05, 4.69) is 43.5 Å². The Balaban J connectivity index is 2.72. The molecule has 13 nitrogen and oxygen atoms in total. The minimum atomic E-state index is -1.04. The normalized spacial score (nSPS) is 14.5. The largest absolute Gasteiger partial charge is 0.466 e. The molecule has 13 heteroatoms. The first-order valence-corrected chi connectivity index (χ1v) is 29.1. The first-order valence-electron chi connectivity index (χ1n) is 29.1. The first-order chi connectivity index (χ1) is 34.5. The standard InChI is InChI=1S/C59H108N4O9/c1-9-11-13-15-17-19-21-23-25-27-29-31-33-35-37-39-49-69-54(65)42-41-52(55(66)70-50-40-38-36-34-32-30-28-26-24-22-20-18-16-14-12-10-2)60-53(64)51-61-43-45-62(56(67)71-58(3,4)5)47-48-63(46-44-61)57(68)72-59(6,7)8/h23-26,52H,9-22,27-51H2,1-8H3,(H,60,64)/b25-23-,26-24-. The Morgan fingerprint density at radius 3 is 1.21 bits per heavy atom. The molecule has 0 aromatic carbocycles. The molecule has 0 saturated carbocycles. The summed E-state index contributed by atoms with van der Waals surface area (Å²) < 4.78 is 22.6. The maximum atomic E-state index is 13.7. The van der Waals surface area contributed by atoms with Crippen molar-refractivity contribution in [2.75, 3.05) is 59.0 Å². The molecule has 0 spiro atoms. The van der Waals surface area contributed by atoms with Crippen LogP contribution in [0.5, 0.6) is 0 Å². The Morgan fingerprint density at radius 2 is 0.819 bits per heavy atom. The number of carbonyl (C=O) groups excluding carboxylic acids is 5. The van der Waals surface area contributed by atoms with Gasteiger partial charge in [-0.1, -0.05) is 154 Å². The smallest absolute Gasteiger partial charge is 0.410 e. The molecule has 1 rings (SSSR count). The van der Waals surface area contributed by atoms with Gasteiger partial charge in [0.05, 0.1) is 19.8 Å². The number of nitrogens with one attached hydrogen (secondary N) is 1. The highest BCUT2D eigenvalue weighted by Crippen LogP contribution is 2.16. The maximum absolute atomic E-state index is 13.7. The summed E-state index contributed by atoms with van der Waals surface area (Å²) in [7, 11) is 0. The van der Waals surface area contributed by atoms with Crippen molar-refractivity contribution >= 4 is 30.0 Å². The summed E-state index contributed by atoms with van der Waals surface area (Å²) >= 11 is 0. The van der Waals surface area contributed by atoms with Crippen LogP contribution in [-0.2, 0) is 33.3 Å². The van der Waals surface area contributed by atoms with Crippen molar-refractivity contribution in [1.29, 1.82) is 0 Å². The van der Waals surface area contributed by atoms with E-state index >= 15 is 0 Å². The van der Waals surface area contributed by atoms with Gasteiger partial charge < -0.3 is 34.1 Å². The van der Waals surface area contributed by atoms with Crippen molar-refractivity contribution in [2.45, 2.75) is 265 Å². The molecule has 0 aromatic heterocycles. The molecule has 1 heterocycles. The number of nitrogens with zero attached hydrogens (tertiary/aromatic N) is 3. The zero-order valence-electron chi connectivity index (χ0n) is 47.5. The zero-order valence-corrected chi connectivity index (χ0v) is 47.5. The highest BCUT2D eigenvalue weighted by atomic mass is 16.6. The molecule has 1 atom stereocenters. The third-order valence-electron chi connectivity index (χ3n) is 12.8. The molecule has 0 radical (unpaired) electrons. The monoisotopic (exact) mass is 1020 g/mol. The van der Waals surface area contributed by atoms with E-state index in [0.29, 0.717) is 19.7 Å². The molecule has 418 valence electrons. The first kappa shape index (κ1) is 66.4. The second-order valence-electron chi connectivity index (χ2n) is 22.1. The fourth-order valence-electron chi connectivity index (χ4n) is 8.46. The molecule has 1 N–H and O–H groups in total. The van der Waals surface area contributed by atoms with Gasteiger partial charge in [-0.2, -0.15) is 0 Å². The number of ether oxygens (including phenoxy) is 4. The van der Waals surface area contributed by atoms with Gasteiger partial charge in [0.15, 0.2) is 0 Å². The Morgan fingerprint density at radius 1 is 0.472 bits per heavy atom. The summed E-state index contributed by atoms with van der Waals surface area (Å²) in [6.07, 6.45) is 41.6. The zero-order chi connectivity index (χ0) is 53.1. The number of allylic oxidation sites excluding steroid dienone is 4. The second-order valence-corrected chi connectivity index (χ2v) is 22.1. The third-order valence-corrected chi connectivity index (χ3v) is 12.8. The third kappa shape index (κ3) is 39.9. The number of esters is 2. The average Bonchev–Trinajstić information content (AvgIpc) is 3.42. The minimum Gasteiger partial charge on any atom is -0.466 e. The van der Waals surface area contributed by atoms with E-state index in [1.807, 2.05) is 4.90 Å². The van der Waals surface area contributed by atoms with Crippen LogP contribution in [0, 0.1) is 0 Å². The van der Waals surface area contributed by atoms with Gasteiger partial charge in [-0.3, -0.25) is 14.5 Å². The van der Waals surface area contributed by atoms with Gasteiger partial charge in [0, 0.05) is 45.7 Å². The van der Waals surface area contributed by atoms with E-state index in [-0.39, 0.29) is 52.2 Å². The summed E-state index contributed by atoms with van der Waals surface area (Å²) in [6.45, 7) is 17.4. The molecule has 0 bridgehead atoms. The van der Waals surface area contributed by atoms with Gasteiger partial charge in [-0.05, 0) is 112 Å². The van der Waals surface area contributed by atoms with Crippen molar-refractivity contribution in [3.05, 3.63) is 24.3 Å². The Labute approximate surface area is 440 Å². The van der Waals surface area contributed by atoms with Gasteiger partial charge in [0.25, 0.3) is 0 Å². The molecule has 1 aliphatic rings. The molecule has 0 aromatic rings. The van der Waals surface area contributed by atoms with Crippen LogP contribution in [0.1, 0.15) is 248 Å². The van der Waals surface area contributed by atoms with Gasteiger partial charge >= 0.3 is 24.1 Å². The Bertz CT molecular complexity index is 1430. The van der Waals surface area contributed by atoms with Crippen molar-refractivity contribution in [3.8, 4) is 0 Å². The van der Waals surface area contributed by atoms with Crippen molar-refractivity contribution in [2.24, 2.45) is 0 Å². The van der Waals surface area contributed by atoms with E-state index in [1.54, 1.807) is 51.3 Å². The number of hydrogen-bond donors (Lipinski definition) is 1. The minimum absolute atomic E-state index is 0.0416. The molecule has 0 aliphatic carbocycles. The van der Waals surface area contributed by atoms with Crippen LogP contribution >= 0.6 is 0 Å². The van der Waals surface area contributed by atoms with Crippen molar-refractivity contribution in [3.63, 3.8) is 0 Å². The summed E-state index contributed by atoms with van der Waals surface area (Å²) in [5.41, 5.74) is -1.44. The quantitative estimate of drug-likeness (QED) is 0.0273. The highest BCUT2D eigenvalue weighted by Gasteiger charge is 2.30. The average molecular weight is 1020 g/mol. The topological polar surface area (TPSA) is 144 Å². The van der Waals surface area contributed by atoms with E-state index in [1.165, 1.54) is 122 Å². The van der Waals surface area contributed by atoms with Crippen LogP contribution in [0.2, 0.25) is 0 Å². The van der Waals surface area contributed by atoms with Gasteiger partial charge in [0.1, 0.15) is 17.2 Å². The molecular formula is C59H108N4O9. The van der Waals surface area contributed by atoms with Crippen LogP contribution in [0.25, 0.3) is 0 Å². The van der Waals surface area contributed by atoms with Crippen LogP contribution in [0.4, 0.5) is 9.59 Å². The fraction of sp³-hybridized carbons (Fsp3) is 0.847. The summed E-state index contributed by atoms with van der Waals surface area (Å²) in [6, 6.07) is -1.04. The number of rotatable bonds is 39. The van der Waals surface area contributed by atoms with E-state index in [4.69, 9.17) is 18.9 Å². The molecule has 1 saturated heterocycles. The Kier molecular flexibility index (Phi) is 39.4. The lowest BCUT2D eigenvalue weighted by Gasteiger charge is -2.30. The van der Waals surface area contributed by atoms with Gasteiger partial charge in [0.2, 0.25) is 5.91 Å². The van der Waals surface area contributed by atoms with Gasteiger partial charge in [-0.15, -0.1) is 0 Å².